The van der Waals surface area contributed by atoms with Gasteiger partial charge in [0.1, 0.15) is 12.4 Å². The Morgan fingerprint density at radius 3 is 2.88 bits per heavy atom. The molecule has 0 aliphatic heterocycles. The van der Waals surface area contributed by atoms with Crippen molar-refractivity contribution in [1.82, 2.24) is 20.2 Å². The molecule has 6 nitrogen and oxygen atoms in total. The number of anilines is 1. The van der Waals surface area contributed by atoms with E-state index in [0.29, 0.717) is 24.1 Å². The summed E-state index contributed by atoms with van der Waals surface area (Å²) in [5.41, 5.74) is 2.01. The molecule has 0 aliphatic rings. The Bertz CT molecular complexity index is 839. The second-order valence-electron chi connectivity index (χ2n) is 5.15. The highest BCUT2D eigenvalue weighted by molar-refractivity contribution is 9.10. The monoisotopic (exact) mass is 407 g/mol. The Kier molecular flexibility index (Phi) is 5.32. The van der Waals surface area contributed by atoms with Crippen LogP contribution in [0.2, 0.25) is 5.02 Å². The van der Waals surface area contributed by atoms with Gasteiger partial charge in [0.05, 0.1) is 0 Å². The van der Waals surface area contributed by atoms with Crippen LogP contribution in [0.4, 0.5) is 5.95 Å². The summed E-state index contributed by atoms with van der Waals surface area (Å²) in [5, 5.41) is 15.2. The summed E-state index contributed by atoms with van der Waals surface area (Å²) >= 11 is 9.50. The molecule has 1 N–H and O–H groups in total. The first-order valence-corrected chi connectivity index (χ1v) is 8.41. The number of benzene rings is 2. The van der Waals surface area contributed by atoms with Crippen LogP contribution in [0.15, 0.2) is 46.9 Å². The first-order valence-electron chi connectivity index (χ1n) is 7.24. The van der Waals surface area contributed by atoms with Gasteiger partial charge in [0.15, 0.2) is 0 Å². The largest absolute Gasteiger partial charge is 0.489 e. The number of tetrazole rings is 1. The predicted molar refractivity (Wildman–Crippen MR) is 96.1 cm³/mol. The molecule has 0 spiro atoms. The van der Waals surface area contributed by atoms with E-state index in [0.717, 1.165) is 21.3 Å². The molecule has 24 heavy (non-hydrogen) atoms. The average molecular weight is 409 g/mol. The number of ether oxygens (including phenoxy) is 1. The van der Waals surface area contributed by atoms with Crippen LogP contribution in [0.5, 0.6) is 5.75 Å². The van der Waals surface area contributed by atoms with Crippen molar-refractivity contribution in [3.63, 3.8) is 0 Å². The zero-order chi connectivity index (χ0) is 16.9. The Morgan fingerprint density at radius 1 is 1.25 bits per heavy atom. The minimum absolute atomic E-state index is 0.445. The minimum atomic E-state index is 0.445. The van der Waals surface area contributed by atoms with Crippen LogP contribution in [-0.2, 0) is 20.2 Å². The molecule has 2 aromatic carbocycles. The molecule has 0 radical (unpaired) electrons. The molecule has 0 unspecified atom stereocenters. The van der Waals surface area contributed by atoms with Crippen molar-refractivity contribution in [2.24, 2.45) is 7.05 Å². The third-order valence-corrected chi connectivity index (χ3v) is 4.09. The predicted octanol–water partition coefficient (Wildman–Crippen LogP) is 3.82. The number of halogens is 2. The minimum Gasteiger partial charge on any atom is -0.489 e. The first kappa shape index (κ1) is 16.7. The van der Waals surface area contributed by atoms with Crippen LogP contribution < -0.4 is 10.1 Å². The van der Waals surface area contributed by atoms with Crippen molar-refractivity contribution < 1.29 is 4.74 Å². The maximum Gasteiger partial charge on any atom is 0.242 e. The quantitative estimate of drug-likeness (QED) is 0.672. The lowest BCUT2D eigenvalue weighted by molar-refractivity contribution is 0.303. The van der Waals surface area contributed by atoms with Gasteiger partial charge in [-0.2, -0.15) is 0 Å². The van der Waals surface area contributed by atoms with Gasteiger partial charge in [0.2, 0.25) is 5.95 Å². The number of aryl methyl sites for hydroxylation is 1. The Balaban J connectivity index is 1.71. The molecule has 3 aromatic rings. The second-order valence-corrected chi connectivity index (χ2v) is 6.50. The van der Waals surface area contributed by atoms with E-state index in [2.05, 4.69) is 36.8 Å². The molecular weight excluding hydrogens is 394 g/mol. The second kappa shape index (κ2) is 7.63. The van der Waals surface area contributed by atoms with E-state index in [4.69, 9.17) is 16.3 Å². The number of nitrogens with zero attached hydrogens (tertiary/aromatic N) is 4. The Hall–Kier alpha value is -2.12. The van der Waals surface area contributed by atoms with Crippen LogP contribution in [0, 0.1) is 0 Å². The van der Waals surface area contributed by atoms with Gasteiger partial charge in [-0.05, 0) is 46.3 Å². The highest BCUT2D eigenvalue weighted by Crippen LogP contribution is 2.25. The van der Waals surface area contributed by atoms with Crippen molar-refractivity contribution >= 4 is 33.5 Å². The van der Waals surface area contributed by atoms with Gasteiger partial charge in [-0.15, -0.1) is 0 Å². The molecule has 3 rings (SSSR count). The van der Waals surface area contributed by atoms with Crippen molar-refractivity contribution in [2.75, 3.05) is 5.32 Å². The SMILES string of the molecule is Cn1nnnc1NCc1cc(Br)ccc1OCc1cccc(Cl)c1. The molecule has 0 amide bonds. The lowest BCUT2D eigenvalue weighted by Crippen LogP contribution is -2.07. The molecule has 0 fully saturated rings. The third kappa shape index (κ3) is 4.24. The first-order chi connectivity index (χ1) is 11.6. The summed E-state index contributed by atoms with van der Waals surface area (Å²) in [4.78, 5) is 0. The van der Waals surface area contributed by atoms with Crippen LogP contribution in [0.25, 0.3) is 0 Å². The molecule has 8 heteroatoms. The van der Waals surface area contributed by atoms with Gasteiger partial charge >= 0.3 is 0 Å². The zero-order valence-corrected chi connectivity index (χ0v) is 15.3. The van der Waals surface area contributed by atoms with Crippen LogP contribution in [0.3, 0.4) is 0 Å². The van der Waals surface area contributed by atoms with Crippen LogP contribution in [-0.4, -0.2) is 20.2 Å². The average Bonchev–Trinajstić information content (AvgIpc) is 2.97. The highest BCUT2D eigenvalue weighted by atomic mass is 79.9. The number of nitrogens with one attached hydrogen (secondary N) is 1. The van der Waals surface area contributed by atoms with Gasteiger partial charge in [-0.3, -0.25) is 0 Å². The number of hydrogen-bond donors (Lipinski definition) is 1. The fourth-order valence-corrected chi connectivity index (χ4v) is 2.79. The normalized spacial score (nSPS) is 10.6. The van der Waals surface area contributed by atoms with E-state index in [1.807, 2.05) is 42.5 Å². The van der Waals surface area contributed by atoms with Crippen LogP contribution >= 0.6 is 27.5 Å². The number of hydrogen-bond acceptors (Lipinski definition) is 5. The molecule has 0 atom stereocenters. The van der Waals surface area contributed by atoms with Gasteiger partial charge < -0.3 is 10.1 Å². The maximum absolute atomic E-state index is 6.01. The number of rotatable bonds is 6. The van der Waals surface area contributed by atoms with Gasteiger partial charge in [0, 0.05) is 28.7 Å². The van der Waals surface area contributed by atoms with E-state index >= 15 is 0 Å². The Labute approximate surface area is 152 Å². The highest BCUT2D eigenvalue weighted by Gasteiger charge is 2.08. The van der Waals surface area contributed by atoms with Crippen molar-refractivity contribution in [1.29, 1.82) is 0 Å². The smallest absolute Gasteiger partial charge is 0.242 e. The molecule has 0 saturated heterocycles. The summed E-state index contributed by atoms with van der Waals surface area (Å²) in [5.74, 6) is 1.39. The summed E-state index contributed by atoms with van der Waals surface area (Å²) in [6.45, 7) is 0.985. The summed E-state index contributed by atoms with van der Waals surface area (Å²) < 4.78 is 8.51. The topological polar surface area (TPSA) is 64.9 Å². The molecule has 0 aliphatic carbocycles. The fraction of sp³-hybridized carbons (Fsp3) is 0.188. The molecular formula is C16H15BrClN5O. The third-order valence-electron chi connectivity index (χ3n) is 3.36. The molecule has 0 bridgehead atoms. The fourth-order valence-electron chi connectivity index (χ4n) is 2.17. The van der Waals surface area contributed by atoms with Gasteiger partial charge in [-0.1, -0.05) is 44.8 Å². The molecule has 1 aromatic heterocycles. The van der Waals surface area contributed by atoms with Crippen LogP contribution in [0.1, 0.15) is 11.1 Å². The molecule has 1 heterocycles. The maximum atomic E-state index is 6.01. The van der Waals surface area contributed by atoms with E-state index < -0.39 is 0 Å². The zero-order valence-electron chi connectivity index (χ0n) is 12.9. The van der Waals surface area contributed by atoms with E-state index in [1.54, 1.807) is 11.7 Å². The Morgan fingerprint density at radius 2 is 2.12 bits per heavy atom. The molecule has 124 valence electrons. The lowest BCUT2D eigenvalue weighted by Gasteiger charge is -2.13. The standard InChI is InChI=1S/C16H15BrClN5O/c1-23-16(20-21-22-23)19-9-12-8-13(17)5-6-15(12)24-10-11-3-2-4-14(18)7-11/h2-8H,9-10H2,1H3,(H,19,20,22). The van der Waals surface area contributed by atoms with Gasteiger partial charge in [-0.25, -0.2) is 4.68 Å². The van der Waals surface area contributed by atoms with E-state index in [-0.39, 0.29) is 0 Å². The van der Waals surface area contributed by atoms with Gasteiger partial charge in [0.25, 0.3) is 0 Å². The summed E-state index contributed by atoms with van der Waals surface area (Å²) in [6.07, 6.45) is 0. The van der Waals surface area contributed by atoms with Crippen molar-refractivity contribution in [3.05, 3.63) is 63.1 Å². The summed E-state index contributed by atoms with van der Waals surface area (Å²) in [6, 6.07) is 13.5. The van der Waals surface area contributed by atoms with E-state index in [1.165, 1.54) is 0 Å². The lowest BCUT2D eigenvalue weighted by atomic mass is 10.2. The summed E-state index contributed by atoms with van der Waals surface area (Å²) in [7, 11) is 1.78. The van der Waals surface area contributed by atoms with Crippen molar-refractivity contribution in [3.8, 4) is 5.75 Å². The number of aromatic nitrogens is 4. The molecule has 0 saturated carbocycles. The van der Waals surface area contributed by atoms with E-state index in [9.17, 15) is 0 Å². The van der Waals surface area contributed by atoms with Crippen molar-refractivity contribution in [2.45, 2.75) is 13.2 Å².